The molecule has 136 valence electrons. The van der Waals surface area contributed by atoms with Crippen LogP contribution in [0.5, 0.6) is 0 Å². The third kappa shape index (κ3) is 4.36. The Labute approximate surface area is 151 Å². The van der Waals surface area contributed by atoms with Crippen molar-refractivity contribution in [2.45, 2.75) is 6.18 Å². The number of hydrogen-bond donors (Lipinski definition) is 1. The van der Waals surface area contributed by atoms with Gasteiger partial charge in [0.1, 0.15) is 5.58 Å². The van der Waals surface area contributed by atoms with Crippen LogP contribution in [0, 0.1) is 11.8 Å². The van der Waals surface area contributed by atoms with Crippen LogP contribution in [0.1, 0.15) is 21.7 Å². The lowest BCUT2D eigenvalue weighted by molar-refractivity contribution is -0.137. The Morgan fingerprint density at radius 3 is 2.63 bits per heavy atom. The van der Waals surface area contributed by atoms with Crippen molar-refractivity contribution < 1.29 is 22.4 Å². The van der Waals surface area contributed by atoms with Gasteiger partial charge in [-0.1, -0.05) is 30.0 Å². The first kappa shape index (κ1) is 18.3. The number of halogens is 3. The van der Waals surface area contributed by atoms with E-state index in [2.05, 4.69) is 17.2 Å². The van der Waals surface area contributed by atoms with Crippen LogP contribution in [-0.4, -0.2) is 12.5 Å². The second kappa shape index (κ2) is 7.38. The standard InChI is InChI=1S/C20H12F3NO3/c21-20(22,23)14-7-3-5-13(11-14)6-4-10-24-19(26)18-12-16(25)15-8-1-2-9-17(15)27-18/h1-3,5,7-9,11-12H,10H2,(H,24,26). The number of rotatable bonds is 2. The first-order chi connectivity index (χ1) is 12.8. The lowest BCUT2D eigenvalue weighted by Crippen LogP contribution is -2.24. The van der Waals surface area contributed by atoms with Crippen molar-refractivity contribution in [2.24, 2.45) is 0 Å². The Bertz CT molecular complexity index is 1120. The van der Waals surface area contributed by atoms with Gasteiger partial charge in [-0.3, -0.25) is 9.59 Å². The normalized spacial score (nSPS) is 10.9. The Balaban J connectivity index is 1.69. The minimum Gasteiger partial charge on any atom is -0.451 e. The van der Waals surface area contributed by atoms with Gasteiger partial charge in [0.15, 0.2) is 11.2 Å². The SMILES string of the molecule is O=C(NCC#Cc1cccc(C(F)(F)F)c1)c1cc(=O)c2ccccc2o1. The van der Waals surface area contributed by atoms with Crippen molar-refractivity contribution in [3.8, 4) is 11.8 Å². The van der Waals surface area contributed by atoms with Crippen LogP contribution in [0.25, 0.3) is 11.0 Å². The molecule has 27 heavy (non-hydrogen) atoms. The molecule has 1 amide bonds. The van der Waals surface area contributed by atoms with Crippen LogP contribution < -0.4 is 10.7 Å². The third-order valence-electron chi connectivity index (χ3n) is 3.62. The molecule has 1 N–H and O–H groups in total. The maximum absolute atomic E-state index is 12.7. The van der Waals surface area contributed by atoms with Gasteiger partial charge in [-0.05, 0) is 30.3 Å². The molecule has 0 spiro atoms. The highest BCUT2D eigenvalue weighted by Crippen LogP contribution is 2.29. The molecule has 0 radical (unpaired) electrons. The second-order valence-corrected chi connectivity index (χ2v) is 5.53. The van der Waals surface area contributed by atoms with Crippen molar-refractivity contribution in [3.63, 3.8) is 0 Å². The van der Waals surface area contributed by atoms with Gasteiger partial charge in [-0.2, -0.15) is 13.2 Å². The predicted molar refractivity (Wildman–Crippen MR) is 93.1 cm³/mol. The second-order valence-electron chi connectivity index (χ2n) is 5.53. The van der Waals surface area contributed by atoms with Gasteiger partial charge in [-0.25, -0.2) is 0 Å². The highest BCUT2D eigenvalue weighted by atomic mass is 19.4. The van der Waals surface area contributed by atoms with E-state index in [-0.39, 0.29) is 28.9 Å². The number of nitrogens with one attached hydrogen (secondary N) is 1. The number of amides is 1. The minimum atomic E-state index is -4.44. The fourth-order valence-electron chi connectivity index (χ4n) is 2.35. The first-order valence-corrected chi connectivity index (χ1v) is 7.82. The number of fused-ring (bicyclic) bond motifs is 1. The van der Waals surface area contributed by atoms with Gasteiger partial charge in [0, 0.05) is 11.6 Å². The minimum absolute atomic E-state index is 0.119. The van der Waals surface area contributed by atoms with Gasteiger partial charge in [-0.15, -0.1) is 0 Å². The zero-order valence-corrected chi connectivity index (χ0v) is 13.8. The number of para-hydroxylation sites is 1. The molecule has 7 heteroatoms. The Morgan fingerprint density at radius 1 is 1.07 bits per heavy atom. The molecule has 1 heterocycles. The quantitative estimate of drug-likeness (QED) is 0.701. The molecule has 0 aliphatic rings. The fourth-order valence-corrected chi connectivity index (χ4v) is 2.35. The summed E-state index contributed by atoms with van der Waals surface area (Å²) in [6, 6.07) is 12.2. The number of hydrogen-bond acceptors (Lipinski definition) is 3. The van der Waals surface area contributed by atoms with E-state index in [4.69, 9.17) is 4.42 Å². The summed E-state index contributed by atoms with van der Waals surface area (Å²) in [4.78, 5) is 24.0. The molecular formula is C20H12F3NO3. The molecule has 0 aliphatic heterocycles. The summed E-state index contributed by atoms with van der Waals surface area (Å²) in [5, 5.41) is 2.80. The largest absolute Gasteiger partial charge is 0.451 e. The molecule has 0 saturated heterocycles. The number of alkyl halides is 3. The smallest absolute Gasteiger partial charge is 0.416 e. The monoisotopic (exact) mass is 371 g/mol. The summed E-state index contributed by atoms with van der Waals surface area (Å²) in [5.41, 5.74) is -0.685. The van der Waals surface area contributed by atoms with Crippen molar-refractivity contribution in [1.29, 1.82) is 0 Å². The summed E-state index contributed by atoms with van der Waals surface area (Å²) in [5.74, 6) is 4.30. The van der Waals surface area contributed by atoms with E-state index >= 15 is 0 Å². The summed E-state index contributed by atoms with van der Waals surface area (Å²) in [6.45, 7) is -0.119. The summed E-state index contributed by atoms with van der Waals surface area (Å²) in [6.07, 6.45) is -4.44. The zero-order valence-electron chi connectivity index (χ0n) is 13.8. The van der Waals surface area contributed by atoms with Crippen molar-refractivity contribution >= 4 is 16.9 Å². The maximum Gasteiger partial charge on any atom is 0.416 e. The molecule has 2 aromatic carbocycles. The van der Waals surface area contributed by atoms with Crippen LogP contribution >= 0.6 is 0 Å². The predicted octanol–water partition coefficient (Wildman–Crippen LogP) is 3.59. The van der Waals surface area contributed by atoms with Crippen LogP contribution in [0.2, 0.25) is 0 Å². The van der Waals surface area contributed by atoms with Gasteiger partial charge in [0.25, 0.3) is 5.91 Å². The Hall–Kier alpha value is -3.53. The van der Waals surface area contributed by atoms with Crippen LogP contribution in [0.3, 0.4) is 0 Å². The lowest BCUT2D eigenvalue weighted by atomic mass is 10.1. The van der Waals surface area contributed by atoms with Crippen molar-refractivity contribution in [2.75, 3.05) is 6.54 Å². The van der Waals surface area contributed by atoms with Gasteiger partial charge >= 0.3 is 6.18 Å². The zero-order chi connectivity index (χ0) is 19.4. The Kier molecular flexibility index (Phi) is 4.99. The molecule has 0 fully saturated rings. The van der Waals surface area contributed by atoms with Crippen molar-refractivity contribution in [3.05, 3.63) is 81.7 Å². The average Bonchev–Trinajstić information content (AvgIpc) is 2.64. The molecule has 0 unspecified atom stereocenters. The van der Waals surface area contributed by atoms with E-state index in [1.165, 1.54) is 12.1 Å². The molecule has 0 bridgehead atoms. The van der Waals surface area contributed by atoms with Crippen LogP contribution in [0.4, 0.5) is 13.2 Å². The van der Waals surface area contributed by atoms with Crippen molar-refractivity contribution in [1.82, 2.24) is 5.32 Å². The summed E-state index contributed by atoms with van der Waals surface area (Å²) >= 11 is 0. The average molecular weight is 371 g/mol. The molecule has 3 aromatic rings. The first-order valence-electron chi connectivity index (χ1n) is 7.82. The molecular weight excluding hydrogens is 359 g/mol. The molecule has 0 aliphatic carbocycles. The van der Waals surface area contributed by atoms with E-state index in [0.717, 1.165) is 18.2 Å². The lowest BCUT2D eigenvalue weighted by Gasteiger charge is -2.05. The van der Waals surface area contributed by atoms with E-state index in [1.54, 1.807) is 24.3 Å². The van der Waals surface area contributed by atoms with Gasteiger partial charge in [0.05, 0.1) is 17.5 Å². The number of benzene rings is 2. The van der Waals surface area contributed by atoms with Crippen LogP contribution in [0.15, 0.2) is 63.8 Å². The van der Waals surface area contributed by atoms with E-state index in [0.29, 0.717) is 5.39 Å². The topological polar surface area (TPSA) is 59.3 Å². The van der Waals surface area contributed by atoms with Crippen LogP contribution in [-0.2, 0) is 6.18 Å². The van der Waals surface area contributed by atoms with Gasteiger partial charge in [0.2, 0.25) is 0 Å². The highest BCUT2D eigenvalue weighted by molar-refractivity contribution is 5.93. The summed E-state index contributed by atoms with van der Waals surface area (Å²) < 4.78 is 43.3. The number of carbonyl (C=O) groups is 1. The van der Waals surface area contributed by atoms with E-state index in [1.807, 2.05) is 0 Å². The molecule has 0 saturated carbocycles. The highest BCUT2D eigenvalue weighted by Gasteiger charge is 2.30. The molecule has 3 rings (SSSR count). The van der Waals surface area contributed by atoms with E-state index in [9.17, 15) is 22.8 Å². The van der Waals surface area contributed by atoms with Gasteiger partial charge < -0.3 is 9.73 Å². The maximum atomic E-state index is 12.7. The summed E-state index contributed by atoms with van der Waals surface area (Å²) in [7, 11) is 0. The van der Waals surface area contributed by atoms with E-state index < -0.39 is 17.6 Å². The molecule has 4 nitrogen and oxygen atoms in total. The molecule has 0 atom stereocenters. The third-order valence-corrected chi connectivity index (χ3v) is 3.62. The Morgan fingerprint density at radius 2 is 1.85 bits per heavy atom. The molecule has 1 aromatic heterocycles. The number of carbonyl (C=O) groups excluding carboxylic acids is 1. The fraction of sp³-hybridized carbons (Fsp3) is 0.100.